The van der Waals surface area contributed by atoms with Crippen LogP contribution in [0.3, 0.4) is 0 Å². The molecular formula is C18H36IN5OS. The third-order valence-electron chi connectivity index (χ3n) is 5.01. The molecule has 8 heteroatoms. The highest BCUT2D eigenvalue weighted by Gasteiger charge is 2.23. The van der Waals surface area contributed by atoms with Crippen LogP contribution in [0.15, 0.2) is 4.99 Å². The van der Waals surface area contributed by atoms with Crippen LogP contribution in [0.2, 0.25) is 0 Å². The predicted octanol–water partition coefficient (Wildman–Crippen LogP) is 1.95. The number of halogens is 1. The molecule has 2 heterocycles. The molecule has 0 aromatic heterocycles. The second-order valence-corrected chi connectivity index (χ2v) is 7.86. The van der Waals surface area contributed by atoms with Gasteiger partial charge in [0.25, 0.3) is 0 Å². The number of hydrogen-bond acceptors (Lipinski definition) is 4. The monoisotopic (exact) mass is 497 g/mol. The van der Waals surface area contributed by atoms with Gasteiger partial charge in [0, 0.05) is 52.9 Å². The topological polar surface area (TPSA) is 51.2 Å². The van der Waals surface area contributed by atoms with E-state index in [1.807, 2.05) is 23.7 Å². The van der Waals surface area contributed by atoms with Gasteiger partial charge in [-0.2, -0.15) is 11.8 Å². The summed E-state index contributed by atoms with van der Waals surface area (Å²) >= 11 is 1.90. The second-order valence-electron chi connectivity index (χ2n) is 6.88. The van der Waals surface area contributed by atoms with Crippen molar-refractivity contribution in [2.75, 3.05) is 71.4 Å². The average Bonchev–Trinajstić information content (AvgIpc) is 2.66. The van der Waals surface area contributed by atoms with Crippen LogP contribution < -0.4 is 5.32 Å². The number of hydrogen-bond donors (Lipinski definition) is 1. The van der Waals surface area contributed by atoms with Crippen molar-refractivity contribution in [1.29, 1.82) is 0 Å². The maximum absolute atomic E-state index is 12.4. The van der Waals surface area contributed by atoms with E-state index in [9.17, 15) is 4.79 Å². The molecule has 0 bridgehead atoms. The van der Waals surface area contributed by atoms with E-state index in [4.69, 9.17) is 0 Å². The van der Waals surface area contributed by atoms with Gasteiger partial charge in [-0.05, 0) is 44.1 Å². The summed E-state index contributed by atoms with van der Waals surface area (Å²) in [6.07, 6.45) is 8.19. The molecule has 0 atom stereocenters. The smallest absolute Gasteiger partial charge is 0.236 e. The molecule has 0 saturated carbocycles. The molecule has 26 heavy (non-hydrogen) atoms. The first-order chi connectivity index (χ1) is 12.2. The number of aliphatic imine (C=N–C) groups is 1. The fraction of sp³-hybridized carbons (Fsp3) is 0.889. The highest BCUT2D eigenvalue weighted by molar-refractivity contribution is 14.0. The lowest BCUT2D eigenvalue weighted by atomic mass is 10.1. The zero-order valence-corrected chi connectivity index (χ0v) is 19.6. The van der Waals surface area contributed by atoms with Gasteiger partial charge in [0.05, 0.1) is 6.54 Å². The lowest BCUT2D eigenvalue weighted by molar-refractivity contribution is -0.133. The quantitative estimate of drug-likeness (QED) is 0.252. The molecule has 2 rings (SSSR count). The zero-order valence-electron chi connectivity index (χ0n) is 16.4. The van der Waals surface area contributed by atoms with Gasteiger partial charge in [-0.1, -0.05) is 0 Å². The normalized spacial score (nSPS) is 19.2. The van der Waals surface area contributed by atoms with Crippen molar-refractivity contribution >= 4 is 47.6 Å². The molecule has 1 N–H and O–H groups in total. The lowest BCUT2D eigenvalue weighted by Crippen LogP contribution is -2.54. The van der Waals surface area contributed by atoms with Crippen molar-refractivity contribution in [3.63, 3.8) is 0 Å². The summed E-state index contributed by atoms with van der Waals surface area (Å²) in [5.74, 6) is 2.54. The Kier molecular flexibility index (Phi) is 12.7. The summed E-state index contributed by atoms with van der Waals surface area (Å²) in [6.45, 7) is 7.22. The van der Waals surface area contributed by atoms with Crippen LogP contribution in [-0.2, 0) is 4.79 Å². The van der Waals surface area contributed by atoms with Gasteiger partial charge in [0.2, 0.25) is 5.91 Å². The minimum atomic E-state index is 0. The molecule has 2 aliphatic heterocycles. The molecule has 0 unspecified atom stereocenters. The number of guanidine groups is 1. The van der Waals surface area contributed by atoms with Gasteiger partial charge in [0.15, 0.2) is 5.96 Å². The Bertz CT molecular complexity index is 424. The number of piperidine rings is 1. The second kappa shape index (κ2) is 13.9. The van der Waals surface area contributed by atoms with Crippen LogP contribution in [0.25, 0.3) is 0 Å². The number of thioether (sulfide) groups is 1. The standard InChI is InChI=1S/C18H35N5OS.HI/c1-19-18(20-8-4-7-15-25-2)23-13-11-21(12-14-23)16-17(24)22-9-5-3-6-10-22;/h3-16H2,1-2H3,(H,19,20);1H. The molecule has 0 spiro atoms. The summed E-state index contributed by atoms with van der Waals surface area (Å²) in [5.41, 5.74) is 0. The number of nitrogens with zero attached hydrogens (tertiary/aromatic N) is 4. The molecule has 2 saturated heterocycles. The molecule has 6 nitrogen and oxygen atoms in total. The zero-order chi connectivity index (χ0) is 17.9. The van der Waals surface area contributed by atoms with Crippen LogP contribution in [0.4, 0.5) is 0 Å². The third kappa shape index (κ3) is 8.21. The first kappa shape index (κ1) is 23.8. The summed E-state index contributed by atoms with van der Waals surface area (Å²) in [4.78, 5) is 23.5. The van der Waals surface area contributed by atoms with Gasteiger partial charge in [-0.3, -0.25) is 14.7 Å². The molecule has 0 radical (unpaired) electrons. The molecule has 0 aromatic rings. The fourth-order valence-electron chi connectivity index (χ4n) is 3.46. The van der Waals surface area contributed by atoms with Crippen LogP contribution in [-0.4, -0.2) is 98.0 Å². The van der Waals surface area contributed by atoms with Crippen molar-refractivity contribution in [3.8, 4) is 0 Å². The molecule has 1 amide bonds. The highest BCUT2D eigenvalue weighted by atomic mass is 127. The van der Waals surface area contributed by atoms with E-state index in [0.717, 1.165) is 51.8 Å². The first-order valence-corrected chi connectivity index (χ1v) is 11.1. The minimum absolute atomic E-state index is 0. The Morgan fingerprint density at radius 2 is 1.69 bits per heavy atom. The maximum atomic E-state index is 12.4. The minimum Gasteiger partial charge on any atom is -0.356 e. The van der Waals surface area contributed by atoms with E-state index >= 15 is 0 Å². The maximum Gasteiger partial charge on any atom is 0.236 e. The third-order valence-corrected chi connectivity index (χ3v) is 5.71. The van der Waals surface area contributed by atoms with Crippen molar-refractivity contribution in [1.82, 2.24) is 20.0 Å². The molecule has 152 valence electrons. The van der Waals surface area contributed by atoms with Gasteiger partial charge in [-0.15, -0.1) is 24.0 Å². The average molecular weight is 497 g/mol. The van der Waals surface area contributed by atoms with Gasteiger partial charge >= 0.3 is 0 Å². The van der Waals surface area contributed by atoms with Gasteiger partial charge in [0.1, 0.15) is 0 Å². The van der Waals surface area contributed by atoms with E-state index in [1.165, 1.54) is 37.9 Å². The number of carbonyl (C=O) groups excluding carboxylic acids is 1. The fourth-order valence-corrected chi connectivity index (χ4v) is 3.95. The van der Waals surface area contributed by atoms with Gasteiger partial charge in [-0.25, -0.2) is 0 Å². The number of carbonyl (C=O) groups is 1. The Balaban J connectivity index is 0.00000338. The van der Waals surface area contributed by atoms with E-state index in [0.29, 0.717) is 12.5 Å². The molecule has 0 aromatic carbocycles. The van der Waals surface area contributed by atoms with Crippen molar-refractivity contribution < 1.29 is 4.79 Å². The number of unbranched alkanes of at least 4 members (excludes halogenated alkanes) is 1. The Labute approximate surface area is 180 Å². The molecular weight excluding hydrogens is 461 g/mol. The molecule has 2 aliphatic rings. The Hall–Kier alpha value is -0.220. The SMILES string of the molecule is CN=C(NCCCCSC)N1CCN(CC(=O)N2CCCCC2)CC1.I. The Morgan fingerprint density at radius 3 is 2.31 bits per heavy atom. The molecule has 0 aliphatic carbocycles. The number of piperazine rings is 1. The summed E-state index contributed by atoms with van der Waals surface area (Å²) in [5, 5.41) is 3.48. The Morgan fingerprint density at radius 1 is 1.00 bits per heavy atom. The van der Waals surface area contributed by atoms with Crippen LogP contribution in [0.5, 0.6) is 0 Å². The van der Waals surface area contributed by atoms with E-state index in [1.54, 1.807) is 0 Å². The summed E-state index contributed by atoms with van der Waals surface area (Å²) in [7, 11) is 1.86. The summed E-state index contributed by atoms with van der Waals surface area (Å²) < 4.78 is 0. The van der Waals surface area contributed by atoms with Crippen molar-refractivity contribution in [2.24, 2.45) is 4.99 Å². The number of nitrogens with one attached hydrogen (secondary N) is 1. The highest BCUT2D eigenvalue weighted by Crippen LogP contribution is 2.10. The van der Waals surface area contributed by atoms with E-state index < -0.39 is 0 Å². The number of amides is 1. The lowest BCUT2D eigenvalue weighted by Gasteiger charge is -2.37. The van der Waals surface area contributed by atoms with E-state index in [2.05, 4.69) is 26.4 Å². The largest absolute Gasteiger partial charge is 0.356 e. The van der Waals surface area contributed by atoms with Gasteiger partial charge < -0.3 is 15.1 Å². The van der Waals surface area contributed by atoms with Crippen LogP contribution in [0.1, 0.15) is 32.1 Å². The first-order valence-electron chi connectivity index (χ1n) is 9.69. The predicted molar refractivity (Wildman–Crippen MR) is 123 cm³/mol. The molecule has 2 fully saturated rings. The number of likely N-dealkylation sites (tertiary alicyclic amines) is 1. The van der Waals surface area contributed by atoms with Crippen LogP contribution >= 0.6 is 35.7 Å². The van der Waals surface area contributed by atoms with Crippen LogP contribution in [0, 0.1) is 0 Å². The summed E-state index contributed by atoms with van der Waals surface area (Å²) in [6, 6.07) is 0. The van der Waals surface area contributed by atoms with E-state index in [-0.39, 0.29) is 24.0 Å². The number of rotatable bonds is 7. The van der Waals surface area contributed by atoms with Crippen molar-refractivity contribution in [3.05, 3.63) is 0 Å². The van der Waals surface area contributed by atoms with Crippen molar-refractivity contribution in [2.45, 2.75) is 32.1 Å².